The summed E-state index contributed by atoms with van der Waals surface area (Å²) in [4.78, 5) is 0. The Bertz CT molecular complexity index is 467. The van der Waals surface area contributed by atoms with Gasteiger partial charge in [0.25, 0.3) is 0 Å². The first kappa shape index (κ1) is 12.9. The van der Waals surface area contributed by atoms with E-state index in [1.165, 1.54) is 0 Å². The van der Waals surface area contributed by atoms with E-state index < -0.39 is 8.56 Å². The van der Waals surface area contributed by atoms with Crippen LogP contribution in [0.5, 0.6) is 0 Å². The van der Waals surface area contributed by atoms with Gasteiger partial charge < -0.3 is 0 Å². The number of thiocarbonyl (C=S) groups is 3. The van der Waals surface area contributed by atoms with Gasteiger partial charge in [-0.3, -0.25) is 0 Å². The Hall–Kier alpha value is -1.16. The number of hydrogen-bond acceptors (Lipinski definition) is 6. The Morgan fingerprint density at radius 1 is 0.812 bits per heavy atom. The first-order chi connectivity index (χ1) is 7.79. The van der Waals surface area contributed by atoms with Crippen molar-refractivity contribution >= 4 is 65.9 Å². The molecule has 0 radical (unpaired) electrons. The maximum Gasteiger partial charge on any atom is 0.495 e. The Labute approximate surface area is 110 Å². The maximum atomic E-state index is 4.60. The summed E-state index contributed by atoms with van der Waals surface area (Å²) in [7, 11) is -2.94. The third-order valence-corrected chi connectivity index (χ3v) is 4.90. The van der Waals surface area contributed by atoms with Gasteiger partial charge in [-0.25, -0.2) is 14.0 Å². The molecule has 3 nitrogen and oxygen atoms in total. The van der Waals surface area contributed by atoms with Gasteiger partial charge in [0.2, 0.25) is 0 Å². The topological polar surface area (TPSA) is 37.1 Å². The SMILES string of the molecule is S=C=N[Si](N=C=S)(N=C=S)c1ccccc1. The second-order valence-corrected chi connectivity index (χ2v) is 5.68. The minimum absolute atomic E-state index is 0.807. The Kier molecular flexibility index (Phi) is 5.18. The predicted molar refractivity (Wildman–Crippen MR) is 76.9 cm³/mol. The zero-order valence-corrected chi connectivity index (χ0v) is 11.4. The van der Waals surface area contributed by atoms with Crippen LogP contribution in [0.3, 0.4) is 0 Å². The van der Waals surface area contributed by atoms with Crippen molar-refractivity contribution in [3.63, 3.8) is 0 Å². The highest BCUT2D eigenvalue weighted by Crippen LogP contribution is 2.08. The molecule has 0 aliphatic heterocycles. The molecule has 0 heterocycles. The molecule has 0 aliphatic carbocycles. The molecule has 0 saturated carbocycles. The molecule has 7 heteroatoms. The molecule has 78 valence electrons. The van der Waals surface area contributed by atoms with Crippen molar-refractivity contribution in [3.05, 3.63) is 30.3 Å². The fraction of sp³-hybridized carbons (Fsp3) is 0. The van der Waals surface area contributed by atoms with Gasteiger partial charge in [-0.2, -0.15) is 0 Å². The summed E-state index contributed by atoms with van der Waals surface area (Å²) in [6.07, 6.45) is 0. The summed E-state index contributed by atoms with van der Waals surface area (Å²) in [6, 6.07) is 9.27. The van der Waals surface area contributed by atoms with Crippen LogP contribution in [-0.2, 0) is 0 Å². The Balaban J connectivity index is 3.49. The summed E-state index contributed by atoms with van der Waals surface area (Å²) in [6.45, 7) is 0. The first-order valence-electron chi connectivity index (χ1n) is 4.11. The van der Waals surface area contributed by atoms with Crippen molar-refractivity contribution in [2.24, 2.45) is 14.0 Å². The number of rotatable bonds is 4. The minimum Gasteiger partial charge on any atom is -0.217 e. The van der Waals surface area contributed by atoms with Crippen molar-refractivity contribution < 1.29 is 0 Å². The van der Waals surface area contributed by atoms with Gasteiger partial charge in [0, 0.05) is 5.19 Å². The number of isothiocyanates is 3. The van der Waals surface area contributed by atoms with E-state index in [0.29, 0.717) is 0 Å². The second kappa shape index (κ2) is 6.43. The zero-order chi connectivity index (χ0) is 11.9. The van der Waals surface area contributed by atoms with E-state index in [-0.39, 0.29) is 0 Å². The van der Waals surface area contributed by atoms with Crippen LogP contribution in [0.4, 0.5) is 0 Å². The van der Waals surface area contributed by atoms with Gasteiger partial charge in [0.15, 0.2) is 0 Å². The van der Waals surface area contributed by atoms with E-state index >= 15 is 0 Å². The molecule has 1 aromatic rings. The van der Waals surface area contributed by atoms with Crippen LogP contribution in [0.25, 0.3) is 0 Å². The normalized spacial score (nSPS) is 12.2. The number of nitrogens with zero attached hydrogens (tertiary/aromatic N) is 3. The standard InChI is InChI=1S/C9H5N3S3Si/c13-6-10-16(11-7-14,12-8-15)9-4-2-1-3-5-9/h1-5H. The molecule has 0 saturated heterocycles. The Morgan fingerprint density at radius 2 is 1.25 bits per heavy atom. The molecule has 0 bridgehead atoms. The molecule has 1 rings (SSSR count). The summed E-state index contributed by atoms with van der Waals surface area (Å²) in [5.74, 6) is 0. The van der Waals surface area contributed by atoms with E-state index in [0.717, 1.165) is 5.19 Å². The van der Waals surface area contributed by atoms with Crippen LogP contribution >= 0.6 is 36.7 Å². The summed E-state index contributed by atoms with van der Waals surface area (Å²) in [5.41, 5.74) is 0. The lowest BCUT2D eigenvalue weighted by Gasteiger charge is -2.11. The largest absolute Gasteiger partial charge is 0.495 e. The van der Waals surface area contributed by atoms with E-state index in [2.05, 4.69) is 66.1 Å². The van der Waals surface area contributed by atoms with E-state index in [1.807, 2.05) is 30.3 Å². The third-order valence-electron chi connectivity index (χ3n) is 1.77. The van der Waals surface area contributed by atoms with Crippen LogP contribution in [-0.4, -0.2) is 24.0 Å². The zero-order valence-electron chi connectivity index (χ0n) is 7.95. The lowest BCUT2D eigenvalue weighted by molar-refractivity contribution is 1.46. The molecular formula is C9H5N3S3Si. The first-order valence-corrected chi connectivity index (χ1v) is 7.18. The summed E-state index contributed by atoms with van der Waals surface area (Å²) < 4.78 is 12.1. The van der Waals surface area contributed by atoms with E-state index in [4.69, 9.17) is 0 Å². The molecule has 0 atom stereocenters. The van der Waals surface area contributed by atoms with E-state index in [9.17, 15) is 0 Å². The highest BCUT2D eigenvalue weighted by Gasteiger charge is 2.37. The lowest BCUT2D eigenvalue weighted by atomic mass is 10.4. The molecule has 0 amide bonds. The van der Waals surface area contributed by atoms with Gasteiger partial charge in [-0.05, 0) is 36.7 Å². The second-order valence-electron chi connectivity index (χ2n) is 2.61. The monoisotopic (exact) mass is 279 g/mol. The molecule has 0 spiro atoms. The molecule has 0 aliphatic rings. The highest BCUT2D eigenvalue weighted by atomic mass is 32.1. The van der Waals surface area contributed by atoms with Crippen LogP contribution in [0.1, 0.15) is 0 Å². The van der Waals surface area contributed by atoms with Gasteiger partial charge >= 0.3 is 8.56 Å². The molecular weight excluding hydrogens is 274 g/mol. The number of hydrogen-bond donors (Lipinski definition) is 0. The van der Waals surface area contributed by atoms with Crippen LogP contribution in [0.2, 0.25) is 0 Å². The minimum atomic E-state index is -2.94. The molecule has 0 fully saturated rings. The third kappa shape index (κ3) is 2.92. The van der Waals surface area contributed by atoms with Crippen molar-refractivity contribution in [1.29, 1.82) is 0 Å². The predicted octanol–water partition coefficient (Wildman–Crippen LogP) is 2.14. The number of benzene rings is 1. The van der Waals surface area contributed by atoms with Crippen molar-refractivity contribution in [2.45, 2.75) is 0 Å². The molecule has 0 aromatic heterocycles. The van der Waals surface area contributed by atoms with Crippen LogP contribution in [0, 0.1) is 0 Å². The smallest absolute Gasteiger partial charge is 0.217 e. The van der Waals surface area contributed by atoms with Crippen molar-refractivity contribution in [1.82, 2.24) is 0 Å². The van der Waals surface area contributed by atoms with E-state index in [1.54, 1.807) is 0 Å². The molecule has 0 unspecified atom stereocenters. The van der Waals surface area contributed by atoms with Gasteiger partial charge in [-0.1, -0.05) is 30.3 Å². The molecule has 1 aromatic carbocycles. The average molecular weight is 279 g/mol. The maximum absolute atomic E-state index is 4.60. The summed E-state index contributed by atoms with van der Waals surface area (Å²) in [5, 5.41) is 7.67. The van der Waals surface area contributed by atoms with Crippen LogP contribution < -0.4 is 5.19 Å². The highest BCUT2D eigenvalue weighted by molar-refractivity contribution is 7.78. The molecule has 16 heavy (non-hydrogen) atoms. The van der Waals surface area contributed by atoms with Gasteiger partial charge in [-0.15, -0.1) is 0 Å². The van der Waals surface area contributed by atoms with Crippen molar-refractivity contribution in [3.8, 4) is 0 Å². The fourth-order valence-electron chi connectivity index (χ4n) is 1.12. The Morgan fingerprint density at radius 3 is 1.62 bits per heavy atom. The molecule has 0 N–H and O–H groups in total. The fourth-order valence-corrected chi connectivity index (χ4v) is 3.83. The van der Waals surface area contributed by atoms with Crippen LogP contribution in [0.15, 0.2) is 44.3 Å². The summed E-state index contributed by atoms with van der Waals surface area (Å²) >= 11 is 13.8. The lowest BCUT2D eigenvalue weighted by Crippen LogP contribution is -2.43. The van der Waals surface area contributed by atoms with Crippen molar-refractivity contribution in [2.75, 3.05) is 0 Å². The average Bonchev–Trinajstić information content (AvgIpc) is 2.31. The van der Waals surface area contributed by atoms with Gasteiger partial charge in [0.05, 0.1) is 15.5 Å². The quantitative estimate of drug-likeness (QED) is 0.481. The van der Waals surface area contributed by atoms with Gasteiger partial charge in [0.1, 0.15) is 0 Å².